The van der Waals surface area contributed by atoms with E-state index in [2.05, 4.69) is 0 Å². The second kappa shape index (κ2) is 9.10. The van der Waals surface area contributed by atoms with Crippen LogP contribution in [0, 0.1) is 0 Å². The number of hydrogen-bond acceptors (Lipinski definition) is 4. The Kier molecular flexibility index (Phi) is 8.68. The van der Waals surface area contributed by atoms with Crippen LogP contribution in [0.2, 0.25) is 0 Å². The van der Waals surface area contributed by atoms with Crippen LogP contribution in [0.5, 0.6) is 0 Å². The van der Waals surface area contributed by atoms with Gasteiger partial charge in [0.05, 0.1) is 32.8 Å². The molecule has 0 spiro atoms. The molecule has 0 aliphatic carbocycles. The van der Waals surface area contributed by atoms with Gasteiger partial charge < -0.3 is 9.22 Å². The third kappa shape index (κ3) is 8.29. The van der Waals surface area contributed by atoms with Crippen molar-refractivity contribution in [2.75, 3.05) is 38.5 Å². The first-order chi connectivity index (χ1) is 9.28. The molecule has 0 fully saturated rings. The zero-order valence-corrected chi connectivity index (χ0v) is 13.4. The molecule has 0 rings (SSSR count). The van der Waals surface area contributed by atoms with E-state index in [0.717, 1.165) is 13.1 Å². The molecule has 0 atom stereocenters. The monoisotopic (exact) mass is 308 g/mol. The lowest BCUT2D eigenvalue weighted by Crippen LogP contribution is -2.51. The average molecular weight is 308 g/mol. The second-order valence-electron chi connectivity index (χ2n) is 4.73. The number of quaternary nitrogens is 1. The summed E-state index contributed by atoms with van der Waals surface area (Å²) in [5.74, 6) is -0.607. The Morgan fingerprint density at radius 1 is 1.25 bits per heavy atom. The van der Waals surface area contributed by atoms with E-state index in [4.69, 9.17) is 9.29 Å². The topological polar surface area (TPSA) is 80.7 Å². The minimum atomic E-state index is -3.94. The van der Waals surface area contributed by atoms with Gasteiger partial charge in [-0.3, -0.25) is 4.55 Å². The molecule has 0 aromatic carbocycles. The molecule has 0 radical (unpaired) electrons. The van der Waals surface area contributed by atoms with E-state index >= 15 is 0 Å². The fourth-order valence-electron chi connectivity index (χ4n) is 2.03. The molecule has 0 saturated carbocycles. The van der Waals surface area contributed by atoms with Crippen LogP contribution < -0.4 is 0 Å². The van der Waals surface area contributed by atoms with Gasteiger partial charge in [-0.2, -0.15) is 8.42 Å². The molecule has 20 heavy (non-hydrogen) atoms. The van der Waals surface area contributed by atoms with E-state index in [1.807, 2.05) is 13.8 Å². The number of allylic oxidation sites excluding steroid dienone is 1. The molecular weight excluding hydrogens is 282 g/mol. The van der Waals surface area contributed by atoms with Crippen LogP contribution in [-0.2, 0) is 19.6 Å². The van der Waals surface area contributed by atoms with Gasteiger partial charge in [-0.15, -0.1) is 0 Å². The van der Waals surface area contributed by atoms with Crippen molar-refractivity contribution >= 4 is 16.1 Å². The van der Waals surface area contributed by atoms with Crippen molar-refractivity contribution in [1.29, 1.82) is 0 Å². The Labute approximate surface area is 121 Å². The largest absolute Gasteiger partial charge is 0.462 e. The van der Waals surface area contributed by atoms with Crippen molar-refractivity contribution in [3.05, 3.63) is 12.2 Å². The fraction of sp³-hybridized carbons (Fsp3) is 0.769. The predicted molar refractivity (Wildman–Crippen MR) is 77.9 cm³/mol. The highest BCUT2D eigenvalue weighted by Crippen LogP contribution is 2.09. The van der Waals surface area contributed by atoms with Gasteiger partial charge in [-0.25, -0.2) is 4.79 Å². The molecule has 0 aliphatic rings. The maximum atomic E-state index is 11.1. The Bertz CT molecular complexity index is 412. The Morgan fingerprint density at radius 2 is 1.85 bits per heavy atom. The molecular formula is C13H26NO5S+. The summed E-state index contributed by atoms with van der Waals surface area (Å²) in [6.07, 6.45) is 3.64. The molecule has 0 aromatic rings. The quantitative estimate of drug-likeness (QED) is 0.216. The van der Waals surface area contributed by atoms with Gasteiger partial charge in [0.25, 0.3) is 10.1 Å². The molecule has 0 aliphatic heterocycles. The maximum absolute atomic E-state index is 11.1. The second-order valence-corrected chi connectivity index (χ2v) is 6.30. The van der Waals surface area contributed by atoms with Crippen LogP contribution in [-0.4, -0.2) is 62.0 Å². The molecule has 0 bridgehead atoms. The number of nitrogens with zero attached hydrogens (tertiary/aromatic N) is 1. The lowest BCUT2D eigenvalue weighted by atomic mass is 10.3. The molecule has 1 N–H and O–H groups in total. The number of ether oxygens (including phenoxy) is 1. The number of esters is 1. The van der Waals surface area contributed by atoms with Gasteiger partial charge in [0.2, 0.25) is 0 Å². The summed E-state index contributed by atoms with van der Waals surface area (Å²) in [4.78, 5) is 11.1. The first-order valence-corrected chi connectivity index (χ1v) is 8.49. The minimum Gasteiger partial charge on any atom is -0.462 e. The van der Waals surface area contributed by atoms with E-state index in [-0.39, 0.29) is 11.7 Å². The predicted octanol–water partition coefficient (Wildman–Crippen LogP) is 1.24. The molecule has 118 valence electrons. The molecule has 0 unspecified atom stereocenters. The smallest absolute Gasteiger partial charge is 0.330 e. The third-order valence-electron chi connectivity index (χ3n) is 3.49. The lowest BCUT2D eigenvalue weighted by Gasteiger charge is -2.36. The summed E-state index contributed by atoms with van der Waals surface area (Å²) in [6.45, 7) is 8.66. The van der Waals surface area contributed by atoms with Gasteiger partial charge in [-0.05, 0) is 20.8 Å². The third-order valence-corrected chi connectivity index (χ3v) is 4.19. The highest BCUT2D eigenvalue weighted by atomic mass is 32.2. The first kappa shape index (κ1) is 19.1. The van der Waals surface area contributed by atoms with Crippen molar-refractivity contribution in [1.82, 2.24) is 0 Å². The summed E-state index contributed by atoms with van der Waals surface area (Å²) < 4.78 is 36.2. The summed E-state index contributed by atoms with van der Waals surface area (Å²) in [7, 11) is -3.94. The van der Waals surface area contributed by atoms with Crippen molar-refractivity contribution in [3.63, 3.8) is 0 Å². The van der Waals surface area contributed by atoms with E-state index in [0.29, 0.717) is 30.6 Å². The average Bonchev–Trinajstić information content (AvgIpc) is 2.38. The molecule has 6 nitrogen and oxygen atoms in total. The minimum absolute atomic E-state index is 0.243. The van der Waals surface area contributed by atoms with Gasteiger partial charge in [0.15, 0.2) is 0 Å². The highest BCUT2D eigenvalue weighted by Gasteiger charge is 2.25. The van der Waals surface area contributed by atoms with Crippen LogP contribution in [0.25, 0.3) is 0 Å². The van der Waals surface area contributed by atoms with E-state index < -0.39 is 10.1 Å². The van der Waals surface area contributed by atoms with E-state index in [1.165, 1.54) is 6.08 Å². The van der Waals surface area contributed by atoms with Gasteiger partial charge in [0, 0.05) is 12.5 Å². The SMILES string of the molecule is CC=CC(=O)OCCC[N+](CC)(CC)CCS(=O)(=O)O. The number of rotatable bonds is 10. The fourth-order valence-corrected chi connectivity index (χ4v) is 2.65. The van der Waals surface area contributed by atoms with Crippen LogP contribution in [0.1, 0.15) is 27.2 Å². The number of hydrogen-bond donors (Lipinski definition) is 1. The van der Waals surface area contributed by atoms with Crippen molar-refractivity contribution in [2.45, 2.75) is 27.2 Å². The molecule has 0 aromatic heterocycles. The van der Waals surface area contributed by atoms with Gasteiger partial charge in [0.1, 0.15) is 5.75 Å². The molecule has 0 amide bonds. The highest BCUT2D eigenvalue weighted by molar-refractivity contribution is 7.85. The standard InChI is InChI=1S/C13H25NO5S/c1-4-8-13(15)19-11-7-9-14(5-2,6-3)10-12-20(16,17)18/h4,8H,5-7,9-12H2,1-3H3/p+1. The van der Waals surface area contributed by atoms with E-state index in [1.54, 1.807) is 13.0 Å². The van der Waals surface area contributed by atoms with Gasteiger partial charge >= 0.3 is 5.97 Å². The van der Waals surface area contributed by atoms with Crippen LogP contribution in [0.4, 0.5) is 0 Å². The van der Waals surface area contributed by atoms with Crippen LogP contribution in [0.3, 0.4) is 0 Å². The zero-order chi connectivity index (χ0) is 15.6. The summed E-state index contributed by atoms with van der Waals surface area (Å²) in [5.41, 5.74) is 0. The Balaban J connectivity index is 4.29. The molecule has 0 saturated heterocycles. The summed E-state index contributed by atoms with van der Waals surface area (Å²) >= 11 is 0. The Morgan fingerprint density at radius 3 is 2.30 bits per heavy atom. The molecule has 0 heterocycles. The van der Waals surface area contributed by atoms with E-state index in [9.17, 15) is 13.2 Å². The first-order valence-electron chi connectivity index (χ1n) is 6.88. The van der Waals surface area contributed by atoms with Crippen LogP contribution in [0.15, 0.2) is 12.2 Å². The lowest BCUT2D eigenvalue weighted by molar-refractivity contribution is -0.922. The Hall–Kier alpha value is -0.920. The number of carbonyl (C=O) groups excluding carboxylic acids is 1. The summed E-state index contributed by atoms with van der Waals surface area (Å²) in [6, 6.07) is 0. The van der Waals surface area contributed by atoms with Crippen LogP contribution >= 0.6 is 0 Å². The summed E-state index contributed by atoms with van der Waals surface area (Å²) in [5, 5.41) is 0. The zero-order valence-electron chi connectivity index (χ0n) is 12.5. The van der Waals surface area contributed by atoms with Crippen molar-refractivity contribution < 1.29 is 27.0 Å². The van der Waals surface area contributed by atoms with Crippen molar-refractivity contribution in [2.24, 2.45) is 0 Å². The molecule has 7 heteroatoms. The number of carbonyl (C=O) groups is 1. The van der Waals surface area contributed by atoms with Crippen molar-refractivity contribution in [3.8, 4) is 0 Å². The maximum Gasteiger partial charge on any atom is 0.330 e. The normalized spacial score (nSPS) is 12.8. The van der Waals surface area contributed by atoms with Gasteiger partial charge in [-0.1, -0.05) is 6.08 Å².